The number of hydrogen-bond donors (Lipinski definition) is 2. The Morgan fingerprint density at radius 3 is 1.00 bits per heavy atom. The Kier molecular flexibility index (Phi) is 14.1. The molecule has 4 nitrogen and oxygen atoms in total. The fourth-order valence-electron chi connectivity index (χ4n) is 3.75. The molecule has 0 aromatic rings. The molecule has 0 spiro atoms. The SMILES string of the molecule is CCCN[Si](NCCC)(N(CC(C)C)CC(C)C)N(CC(C)C)CC(C)C. The number of nitrogens with zero attached hydrogens (tertiary/aromatic N) is 2. The third-order valence-electron chi connectivity index (χ3n) is 4.50. The van der Waals surface area contributed by atoms with E-state index in [1.165, 1.54) is 12.8 Å². The largest absolute Gasteiger partial charge is 0.371 e. The van der Waals surface area contributed by atoms with Gasteiger partial charge in [0.2, 0.25) is 0 Å². The monoisotopic (exact) mass is 400 g/mol. The minimum absolute atomic E-state index is 0.669. The number of nitrogens with one attached hydrogen (secondary N) is 2. The van der Waals surface area contributed by atoms with Crippen molar-refractivity contribution >= 4 is 8.72 Å². The van der Waals surface area contributed by atoms with Crippen molar-refractivity contribution in [3.63, 3.8) is 0 Å². The summed E-state index contributed by atoms with van der Waals surface area (Å²) in [5.74, 6) is 2.68. The lowest BCUT2D eigenvalue weighted by Crippen LogP contribution is -2.83. The summed E-state index contributed by atoms with van der Waals surface area (Å²) < 4.78 is 5.66. The highest BCUT2D eigenvalue weighted by molar-refractivity contribution is 6.69. The van der Waals surface area contributed by atoms with Gasteiger partial charge in [0.15, 0.2) is 0 Å². The number of hydrogen-bond acceptors (Lipinski definition) is 4. The maximum absolute atomic E-state index is 4.12. The van der Waals surface area contributed by atoms with Crippen LogP contribution in [0.4, 0.5) is 0 Å². The predicted octanol–water partition coefficient (Wildman–Crippen LogP) is 4.65. The van der Waals surface area contributed by atoms with E-state index in [1.807, 2.05) is 0 Å². The average Bonchev–Trinajstić information content (AvgIpc) is 2.52. The molecule has 5 heteroatoms. The zero-order valence-electron chi connectivity index (χ0n) is 20.4. The Morgan fingerprint density at radius 1 is 0.556 bits per heavy atom. The van der Waals surface area contributed by atoms with Crippen LogP contribution in [-0.4, -0.2) is 57.1 Å². The van der Waals surface area contributed by atoms with Crippen molar-refractivity contribution < 1.29 is 0 Å². The van der Waals surface area contributed by atoms with Crippen LogP contribution in [0.2, 0.25) is 0 Å². The van der Waals surface area contributed by atoms with Gasteiger partial charge in [0, 0.05) is 0 Å². The summed E-state index contributed by atoms with van der Waals surface area (Å²) >= 11 is 0. The van der Waals surface area contributed by atoms with Gasteiger partial charge in [0.25, 0.3) is 0 Å². The van der Waals surface area contributed by atoms with Crippen LogP contribution in [0.25, 0.3) is 0 Å². The lowest BCUT2D eigenvalue weighted by Gasteiger charge is -2.51. The second-order valence-corrected chi connectivity index (χ2v) is 13.2. The van der Waals surface area contributed by atoms with Crippen LogP contribution in [0.15, 0.2) is 0 Å². The zero-order chi connectivity index (χ0) is 21.0. The third kappa shape index (κ3) is 10.4. The van der Waals surface area contributed by atoms with E-state index in [9.17, 15) is 0 Å². The maximum atomic E-state index is 4.12. The molecular formula is C22H52N4Si. The van der Waals surface area contributed by atoms with E-state index in [4.69, 9.17) is 0 Å². The van der Waals surface area contributed by atoms with Gasteiger partial charge in [-0.3, -0.25) is 9.13 Å². The van der Waals surface area contributed by atoms with Gasteiger partial charge in [0.1, 0.15) is 0 Å². The standard InChI is InChI=1S/C22H52N4Si/c1-11-13-23-27(24-14-12-2,25(15-19(3)4)16-20(5)6)26(17-21(7)8)18-22(9)10/h19-24H,11-18H2,1-10H3. The molecule has 0 atom stereocenters. The van der Waals surface area contributed by atoms with Gasteiger partial charge in [-0.2, -0.15) is 0 Å². The normalized spacial score (nSPS) is 13.3. The molecule has 0 aliphatic heterocycles. The van der Waals surface area contributed by atoms with E-state index >= 15 is 0 Å². The van der Waals surface area contributed by atoms with Gasteiger partial charge in [0.05, 0.1) is 0 Å². The molecule has 0 aliphatic carbocycles. The van der Waals surface area contributed by atoms with Crippen molar-refractivity contribution in [3.8, 4) is 0 Å². The molecule has 0 rings (SSSR count). The molecule has 0 saturated carbocycles. The van der Waals surface area contributed by atoms with E-state index in [2.05, 4.69) is 88.3 Å². The minimum atomic E-state index is -2.18. The summed E-state index contributed by atoms with van der Waals surface area (Å²) in [4.78, 5) is 8.24. The molecule has 2 N–H and O–H groups in total. The van der Waals surface area contributed by atoms with E-state index in [-0.39, 0.29) is 0 Å². The Labute approximate surface area is 173 Å². The quantitative estimate of drug-likeness (QED) is 0.369. The van der Waals surface area contributed by atoms with E-state index in [1.54, 1.807) is 0 Å². The smallest absolute Gasteiger partial charge is 0.300 e. The van der Waals surface area contributed by atoms with Crippen molar-refractivity contribution in [2.45, 2.75) is 82.1 Å². The lowest BCUT2D eigenvalue weighted by atomic mass is 10.2. The summed E-state index contributed by atoms with van der Waals surface area (Å²) in [6, 6.07) is 0. The summed E-state index contributed by atoms with van der Waals surface area (Å²) in [6.07, 6.45) is 2.36. The van der Waals surface area contributed by atoms with Crippen LogP contribution in [0.1, 0.15) is 82.1 Å². The van der Waals surface area contributed by atoms with Crippen LogP contribution >= 0.6 is 0 Å². The van der Waals surface area contributed by atoms with Crippen molar-refractivity contribution in [1.82, 2.24) is 19.1 Å². The van der Waals surface area contributed by atoms with Crippen LogP contribution in [0.5, 0.6) is 0 Å². The molecule has 0 radical (unpaired) electrons. The Bertz CT molecular complexity index is 304. The van der Waals surface area contributed by atoms with E-state index < -0.39 is 8.72 Å². The molecule has 0 saturated heterocycles. The molecule has 0 aliphatic rings. The molecule has 0 heterocycles. The fourth-order valence-corrected chi connectivity index (χ4v) is 8.88. The molecule has 0 aromatic heterocycles. The molecular weight excluding hydrogens is 348 g/mol. The first-order chi connectivity index (χ1) is 12.6. The maximum Gasteiger partial charge on any atom is 0.371 e. The molecule has 0 unspecified atom stereocenters. The van der Waals surface area contributed by atoms with Crippen LogP contribution in [0.3, 0.4) is 0 Å². The Balaban J connectivity index is 6.16. The molecule has 27 heavy (non-hydrogen) atoms. The van der Waals surface area contributed by atoms with Gasteiger partial charge in [-0.1, -0.05) is 69.2 Å². The fraction of sp³-hybridized carbons (Fsp3) is 1.00. The van der Waals surface area contributed by atoms with Gasteiger partial charge < -0.3 is 9.96 Å². The Hall–Kier alpha value is 0.0569. The second-order valence-electron chi connectivity index (χ2n) is 9.91. The minimum Gasteiger partial charge on any atom is -0.300 e. The van der Waals surface area contributed by atoms with Crippen LogP contribution < -0.4 is 9.96 Å². The Morgan fingerprint density at radius 2 is 0.815 bits per heavy atom. The van der Waals surface area contributed by atoms with Crippen LogP contribution in [0, 0.1) is 23.7 Å². The first kappa shape index (κ1) is 27.1. The summed E-state index contributed by atoms with van der Waals surface area (Å²) in [5.41, 5.74) is 0. The molecule has 0 amide bonds. The molecule has 0 fully saturated rings. The third-order valence-corrected chi connectivity index (χ3v) is 8.55. The van der Waals surface area contributed by atoms with Crippen molar-refractivity contribution in [3.05, 3.63) is 0 Å². The highest BCUT2D eigenvalue weighted by atomic mass is 28.4. The van der Waals surface area contributed by atoms with Gasteiger partial charge in [-0.25, -0.2) is 0 Å². The van der Waals surface area contributed by atoms with Gasteiger partial charge in [-0.15, -0.1) is 0 Å². The van der Waals surface area contributed by atoms with Crippen molar-refractivity contribution in [2.24, 2.45) is 23.7 Å². The summed E-state index contributed by atoms with van der Waals surface area (Å²) in [6.45, 7) is 30.3. The molecule has 0 aromatic carbocycles. The molecule has 0 bridgehead atoms. The van der Waals surface area contributed by atoms with E-state index in [0.29, 0.717) is 23.7 Å². The van der Waals surface area contributed by atoms with Gasteiger partial charge >= 0.3 is 8.72 Å². The topological polar surface area (TPSA) is 30.5 Å². The highest BCUT2D eigenvalue weighted by Crippen LogP contribution is 2.19. The van der Waals surface area contributed by atoms with E-state index in [0.717, 1.165) is 39.3 Å². The second kappa shape index (κ2) is 14.1. The average molecular weight is 401 g/mol. The van der Waals surface area contributed by atoms with Crippen LogP contribution in [-0.2, 0) is 0 Å². The highest BCUT2D eigenvalue weighted by Gasteiger charge is 2.47. The zero-order valence-corrected chi connectivity index (χ0v) is 21.4. The first-order valence-corrected chi connectivity index (χ1v) is 13.5. The van der Waals surface area contributed by atoms with Crippen molar-refractivity contribution in [2.75, 3.05) is 39.3 Å². The summed E-state index contributed by atoms with van der Waals surface area (Å²) in [7, 11) is -2.18. The lowest BCUT2D eigenvalue weighted by molar-refractivity contribution is 0.228. The van der Waals surface area contributed by atoms with Crippen molar-refractivity contribution in [1.29, 1.82) is 0 Å². The van der Waals surface area contributed by atoms with Gasteiger partial charge in [-0.05, 0) is 75.8 Å². The number of rotatable bonds is 16. The molecule has 164 valence electrons. The summed E-state index contributed by atoms with van der Waals surface area (Å²) in [5, 5.41) is 0. The predicted molar refractivity (Wildman–Crippen MR) is 125 cm³/mol. The first-order valence-electron chi connectivity index (χ1n) is 11.6.